The summed E-state index contributed by atoms with van der Waals surface area (Å²) in [5, 5.41) is 66.3. The zero-order valence-electron chi connectivity index (χ0n) is 13.4. The van der Waals surface area contributed by atoms with Crippen LogP contribution in [-0.2, 0) is 28.5 Å². The predicted octanol–water partition coefficient (Wildman–Crippen LogP) is -4.30. The standard InChI is InChI=1S/C6H8O7.C4H6O6.H3O4P/c7-3(8)1-6(13,5(11)12)2-4(9)10;5-1(3(7)8)2(6)4(9)10;1-5(2,3)4/h13H,1-2H2,(H,7,8)(H,9,10)(H,11,12);1-2,5-6H,(H,7,8)(H,9,10);(H3,1,2,3,4). The zero-order chi connectivity index (χ0) is 23.5. The van der Waals surface area contributed by atoms with Gasteiger partial charge in [0.2, 0.25) is 0 Å². The van der Waals surface area contributed by atoms with Crippen LogP contribution >= 0.6 is 7.82 Å². The van der Waals surface area contributed by atoms with E-state index in [1.807, 2.05) is 0 Å². The molecular formula is C10H17O17P. The summed E-state index contributed by atoms with van der Waals surface area (Å²) in [6.07, 6.45) is -6.82. The molecule has 0 rings (SSSR count). The van der Waals surface area contributed by atoms with E-state index >= 15 is 0 Å². The Labute approximate surface area is 153 Å². The van der Waals surface area contributed by atoms with Gasteiger partial charge in [-0.25, -0.2) is 18.9 Å². The SMILES string of the molecule is O=C(O)C(O)C(O)C(=O)O.O=C(O)CC(O)(CC(=O)O)C(=O)O.O=P(O)(O)O. The topological polar surface area (TPSA) is 325 Å². The Hall–Kier alpha value is -2.66. The average Bonchev–Trinajstić information content (AvgIpc) is 2.42. The van der Waals surface area contributed by atoms with Gasteiger partial charge in [-0.2, -0.15) is 0 Å². The first-order valence-corrected chi connectivity index (χ1v) is 7.80. The highest BCUT2D eigenvalue weighted by atomic mass is 31.2. The van der Waals surface area contributed by atoms with Crippen LogP contribution in [0.25, 0.3) is 0 Å². The largest absolute Gasteiger partial charge is 0.481 e. The number of hydrogen-bond acceptors (Lipinski definition) is 9. The van der Waals surface area contributed by atoms with Crippen LogP contribution in [-0.4, -0.2) is 103 Å². The van der Waals surface area contributed by atoms with Crippen molar-refractivity contribution in [2.75, 3.05) is 0 Å². The third-order valence-electron chi connectivity index (χ3n) is 2.09. The third kappa shape index (κ3) is 18.1. The van der Waals surface area contributed by atoms with Crippen molar-refractivity contribution in [3.63, 3.8) is 0 Å². The lowest BCUT2D eigenvalue weighted by molar-refractivity contribution is -0.170. The van der Waals surface area contributed by atoms with Crippen molar-refractivity contribution in [1.82, 2.24) is 0 Å². The molecule has 0 radical (unpaired) electrons. The van der Waals surface area contributed by atoms with E-state index in [9.17, 15) is 24.0 Å². The van der Waals surface area contributed by atoms with E-state index in [0.717, 1.165) is 0 Å². The minimum absolute atomic E-state index is 1.14. The number of aliphatic hydroxyl groups excluding tert-OH is 2. The van der Waals surface area contributed by atoms with Gasteiger partial charge in [0.1, 0.15) is 0 Å². The van der Waals surface area contributed by atoms with Gasteiger partial charge in [-0.1, -0.05) is 0 Å². The predicted molar refractivity (Wildman–Crippen MR) is 78.6 cm³/mol. The molecule has 0 aromatic heterocycles. The molecule has 18 heteroatoms. The van der Waals surface area contributed by atoms with Crippen molar-refractivity contribution in [2.24, 2.45) is 0 Å². The van der Waals surface area contributed by atoms with Crippen molar-refractivity contribution in [1.29, 1.82) is 0 Å². The fourth-order valence-electron chi connectivity index (χ4n) is 0.984. The molecule has 0 aromatic carbocycles. The summed E-state index contributed by atoms with van der Waals surface area (Å²) in [5.74, 6) is -8.56. The molecule has 2 unspecified atom stereocenters. The van der Waals surface area contributed by atoms with Crippen molar-refractivity contribution in [3.8, 4) is 0 Å². The molecule has 0 aliphatic heterocycles. The summed E-state index contributed by atoms with van der Waals surface area (Å²) >= 11 is 0. The molecule has 0 bridgehead atoms. The van der Waals surface area contributed by atoms with Gasteiger partial charge in [0, 0.05) is 0 Å². The molecule has 0 aliphatic carbocycles. The summed E-state index contributed by atoms with van der Waals surface area (Å²) < 4.78 is 8.88. The second kappa shape index (κ2) is 12.7. The molecule has 17 nitrogen and oxygen atoms in total. The van der Waals surface area contributed by atoms with E-state index in [4.69, 9.17) is 60.1 Å². The van der Waals surface area contributed by atoms with E-state index in [2.05, 4.69) is 0 Å². The second-order valence-electron chi connectivity index (χ2n) is 4.56. The van der Waals surface area contributed by atoms with Crippen LogP contribution < -0.4 is 0 Å². The maximum atomic E-state index is 10.3. The fraction of sp³-hybridized carbons (Fsp3) is 0.500. The van der Waals surface area contributed by atoms with Crippen molar-refractivity contribution in [3.05, 3.63) is 0 Å². The molecule has 0 fully saturated rings. The Bertz CT molecular complexity index is 577. The summed E-state index contributed by atoms with van der Waals surface area (Å²) in [4.78, 5) is 71.6. The van der Waals surface area contributed by atoms with Crippen LogP contribution in [0.1, 0.15) is 12.8 Å². The van der Waals surface area contributed by atoms with Gasteiger partial charge in [0.05, 0.1) is 12.8 Å². The molecule has 0 heterocycles. The first kappa shape index (κ1) is 30.1. The number of carboxylic acid groups (broad SMARTS) is 5. The van der Waals surface area contributed by atoms with Gasteiger partial charge < -0.3 is 55.5 Å². The number of aliphatic carboxylic acids is 5. The molecule has 0 aromatic rings. The van der Waals surface area contributed by atoms with Crippen LogP contribution in [0.2, 0.25) is 0 Å². The molecule has 2 atom stereocenters. The number of hydrogen-bond donors (Lipinski definition) is 11. The molecule has 0 amide bonds. The number of carboxylic acids is 5. The maximum absolute atomic E-state index is 10.3. The monoisotopic (exact) mass is 440 g/mol. The van der Waals surface area contributed by atoms with E-state index in [0.29, 0.717) is 0 Å². The number of phosphoric acid groups is 1. The average molecular weight is 440 g/mol. The van der Waals surface area contributed by atoms with Crippen molar-refractivity contribution >= 4 is 37.7 Å². The van der Waals surface area contributed by atoms with Crippen molar-refractivity contribution < 1.29 is 84.1 Å². The smallest absolute Gasteiger partial charge is 0.466 e. The summed E-state index contributed by atoms with van der Waals surface area (Å²) in [6.45, 7) is 0. The van der Waals surface area contributed by atoms with E-state index < -0.39 is 68.3 Å². The number of rotatable bonds is 8. The minimum atomic E-state index is -4.64. The van der Waals surface area contributed by atoms with Gasteiger partial charge in [-0.3, -0.25) is 9.59 Å². The zero-order valence-corrected chi connectivity index (χ0v) is 14.3. The van der Waals surface area contributed by atoms with E-state index in [1.165, 1.54) is 0 Å². The molecule has 11 N–H and O–H groups in total. The van der Waals surface area contributed by atoms with Gasteiger partial charge in [-0.05, 0) is 0 Å². The van der Waals surface area contributed by atoms with Crippen LogP contribution in [0.5, 0.6) is 0 Å². The Balaban J connectivity index is -0.000000368. The number of carbonyl (C=O) groups is 5. The van der Waals surface area contributed by atoms with Gasteiger partial charge in [-0.15, -0.1) is 0 Å². The van der Waals surface area contributed by atoms with Gasteiger partial charge in [0.25, 0.3) is 0 Å². The summed E-state index contributed by atoms with van der Waals surface area (Å²) in [5.41, 5.74) is -2.74. The Kier molecular flexibility index (Phi) is 13.6. The molecule has 0 aliphatic rings. The fourth-order valence-corrected chi connectivity index (χ4v) is 0.984. The summed E-state index contributed by atoms with van der Waals surface area (Å²) in [6, 6.07) is 0. The third-order valence-corrected chi connectivity index (χ3v) is 2.09. The molecule has 164 valence electrons. The van der Waals surface area contributed by atoms with Crippen LogP contribution in [0, 0.1) is 0 Å². The molecule has 28 heavy (non-hydrogen) atoms. The quantitative estimate of drug-likeness (QED) is 0.159. The highest BCUT2D eigenvalue weighted by molar-refractivity contribution is 7.45. The van der Waals surface area contributed by atoms with Crippen LogP contribution in [0.3, 0.4) is 0 Å². The summed E-state index contributed by atoms with van der Waals surface area (Å²) in [7, 11) is -4.64. The molecule has 0 saturated carbocycles. The first-order chi connectivity index (χ1) is 12.2. The lowest BCUT2D eigenvalue weighted by Gasteiger charge is -2.18. The maximum Gasteiger partial charge on any atom is 0.466 e. The van der Waals surface area contributed by atoms with Gasteiger partial charge >= 0.3 is 37.7 Å². The molecular weight excluding hydrogens is 423 g/mol. The first-order valence-electron chi connectivity index (χ1n) is 6.24. The lowest BCUT2D eigenvalue weighted by Crippen LogP contribution is -2.42. The van der Waals surface area contributed by atoms with E-state index in [-0.39, 0.29) is 0 Å². The normalized spacial score (nSPS) is 12.8. The highest BCUT2D eigenvalue weighted by Gasteiger charge is 2.40. The Morgan fingerprint density at radius 3 is 1.04 bits per heavy atom. The molecule has 0 spiro atoms. The Morgan fingerprint density at radius 1 is 0.714 bits per heavy atom. The van der Waals surface area contributed by atoms with Crippen LogP contribution in [0.15, 0.2) is 0 Å². The number of aliphatic hydroxyl groups is 3. The Morgan fingerprint density at radius 2 is 0.929 bits per heavy atom. The van der Waals surface area contributed by atoms with E-state index in [1.54, 1.807) is 0 Å². The molecule has 0 saturated heterocycles. The van der Waals surface area contributed by atoms with Crippen molar-refractivity contribution in [2.45, 2.75) is 30.7 Å². The minimum Gasteiger partial charge on any atom is -0.481 e. The second-order valence-corrected chi connectivity index (χ2v) is 5.58. The van der Waals surface area contributed by atoms with Gasteiger partial charge in [0.15, 0.2) is 17.8 Å². The van der Waals surface area contributed by atoms with Crippen LogP contribution in [0.4, 0.5) is 0 Å². The highest BCUT2D eigenvalue weighted by Crippen LogP contribution is 2.25. The lowest BCUT2D eigenvalue weighted by atomic mass is 9.96.